The smallest absolute Gasteiger partial charge is 0.254 e. The van der Waals surface area contributed by atoms with Crippen LogP contribution in [-0.2, 0) is 0 Å². The van der Waals surface area contributed by atoms with E-state index in [0.29, 0.717) is 6.04 Å². The molecule has 2 saturated heterocycles. The summed E-state index contributed by atoms with van der Waals surface area (Å²) in [7, 11) is 0. The SMILES string of the molecule is Cc1cc(C)n(C2CN(c3cc(C(=O)N4CCCCC4)ccn3)C2)n1. The number of carbonyl (C=O) groups is 1. The number of carbonyl (C=O) groups excluding carboxylic acids is 1. The summed E-state index contributed by atoms with van der Waals surface area (Å²) in [6, 6.07) is 6.27. The second kappa shape index (κ2) is 6.50. The van der Waals surface area contributed by atoms with Gasteiger partial charge in [-0.25, -0.2) is 4.98 Å². The van der Waals surface area contributed by atoms with Gasteiger partial charge in [0.05, 0.1) is 11.7 Å². The van der Waals surface area contributed by atoms with E-state index >= 15 is 0 Å². The van der Waals surface area contributed by atoms with Crippen molar-refractivity contribution in [3.8, 4) is 0 Å². The molecular formula is C19H25N5O. The number of rotatable bonds is 3. The van der Waals surface area contributed by atoms with Gasteiger partial charge in [-0.05, 0) is 51.3 Å². The molecule has 0 aliphatic carbocycles. The van der Waals surface area contributed by atoms with E-state index in [4.69, 9.17) is 0 Å². The molecule has 0 unspecified atom stereocenters. The van der Waals surface area contributed by atoms with Gasteiger partial charge in [-0.15, -0.1) is 0 Å². The Labute approximate surface area is 148 Å². The quantitative estimate of drug-likeness (QED) is 0.862. The first-order valence-electron chi connectivity index (χ1n) is 9.15. The van der Waals surface area contributed by atoms with Gasteiger partial charge >= 0.3 is 0 Å². The number of likely N-dealkylation sites (tertiary alicyclic amines) is 1. The molecule has 0 atom stereocenters. The molecule has 0 N–H and O–H groups in total. The zero-order valence-corrected chi connectivity index (χ0v) is 15.0. The highest BCUT2D eigenvalue weighted by Gasteiger charge is 2.31. The third-order valence-electron chi connectivity index (χ3n) is 5.21. The standard InChI is InChI=1S/C19H25N5O/c1-14-10-15(2)24(21-14)17-12-23(13-17)18-11-16(6-7-20-18)19(25)22-8-4-3-5-9-22/h6-7,10-11,17H,3-5,8-9,12-13H2,1-2H3. The van der Waals surface area contributed by atoms with Crippen LogP contribution < -0.4 is 4.90 Å². The van der Waals surface area contributed by atoms with Gasteiger partial charge in [0, 0.05) is 43.6 Å². The molecule has 2 aliphatic rings. The van der Waals surface area contributed by atoms with Crippen molar-refractivity contribution in [3.05, 3.63) is 41.3 Å². The van der Waals surface area contributed by atoms with Crippen LogP contribution in [0.2, 0.25) is 0 Å². The van der Waals surface area contributed by atoms with Crippen molar-refractivity contribution >= 4 is 11.7 Å². The average molecular weight is 339 g/mol. The topological polar surface area (TPSA) is 54.3 Å². The highest BCUT2D eigenvalue weighted by Crippen LogP contribution is 2.28. The zero-order chi connectivity index (χ0) is 17.4. The van der Waals surface area contributed by atoms with E-state index in [1.54, 1.807) is 6.20 Å². The highest BCUT2D eigenvalue weighted by molar-refractivity contribution is 5.95. The van der Waals surface area contributed by atoms with Gasteiger partial charge < -0.3 is 9.80 Å². The first-order chi connectivity index (χ1) is 12.1. The molecule has 2 aromatic heterocycles. The number of amides is 1. The first-order valence-corrected chi connectivity index (χ1v) is 9.15. The predicted molar refractivity (Wildman–Crippen MR) is 96.9 cm³/mol. The van der Waals surface area contributed by atoms with E-state index in [0.717, 1.165) is 56.1 Å². The summed E-state index contributed by atoms with van der Waals surface area (Å²) < 4.78 is 2.11. The maximum absolute atomic E-state index is 12.7. The maximum Gasteiger partial charge on any atom is 0.254 e. The number of hydrogen-bond acceptors (Lipinski definition) is 4. The molecule has 2 aliphatic heterocycles. The van der Waals surface area contributed by atoms with E-state index in [1.165, 1.54) is 12.1 Å². The van der Waals surface area contributed by atoms with Crippen molar-refractivity contribution in [2.24, 2.45) is 0 Å². The Morgan fingerprint density at radius 2 is 1.88 bits per heavy atom. The third kappa shape index (κ3) is 3.13. The molecule has 1 amide bonds. The van der Waals surface area contributed by atoms with Crippen LogP contribution in [0.15, 0.2) is 24.4 Å². The molecule has 4 heterocycles. The molecule has 6 nitrogen and oxygen atoms in total. The summed E-state index contributed by atoms with van der Waals surface area (Å²) in [5.41, 5.74) is 3.01. The van der Waals surface area contributed by atoms with Gasteiger partial charge in [-0.2, -0.15) is 5.10 Å². The van der Waals surface area contributed by atoms with Crippen molar-refractivity contribution in [2.45, 2.75) is 39.2 Å². The van der Waals surface area contributed by atoms with Crippen molar-refractivity contribution in [2.75, 3.05) is 31.1 Å². The van der Waals surface area contributed by atoms with Crippen LogP contribution in [0, 0.1) is 13.8 Å². The molecule has 132 valence electrons. The van der Waals surface area contributed by atoms with Crippen LogP contribution in [0.4, 0.5) is 5.82 Å². The Bertz CT molecular complexity index is 772. The summed E-state index contributed by atoms with van der Waals surface area (Å²) in [4.78, 5) is 21.3. The summed E-state index contributed by atoms with van der Waals surface area (Å²) >= 11 is 0. The molecular weight excluding hydrogens is 314 g/mol. The Morgan fingerprint density at radius 1 is 1.12 bits per heavy atom. The number of piperidine rings is 1. The molecule has 2 fully saturated rings. The normalized spacial score (nSPS) is 18.3. The molecule has 0 spiro atoms. The molecule has 0 saturated carbocycles. The van der Waals surface area contributed by atoms with E-state index in [1.807, 2.05) is 24.0 Å². The number of nitrogens with zero attached hydrogens (tertiary/aromatic N) is 5. The average Bonchev–Trinajstić information content (AvgIpc) is 2.92. The molecule has 0 radical (unpaired) electrons. The van der Waals surface area contributed by atoms with Gasteiger partial charge in [0.2, 0.25) is 0 Å². The van der Waals surface area contributed by atoms with Crippen LogP contribution in [0.1, 0.15) is 47.1 Å². The summed E-state index contributed by atoms with van der Waals surface area (Å²) in [5, 5.41) is 4.58. The summed E-state index contributed by atoms with van der Waals surface area (Å²) in [6.45, 7) is 7.64. The zero-order valence-electron chi connectivity index (χ0n) is 15.0. The molecule has 0 bridgehead atoms. The minimum atomic E-state index is 0.138. The molecule has 25 heavy (non-hydrogen) atoms. The summed E-state index contributed by atoms with van der Waals surface area (Å²) in [6.07, 6.45) is 5.20. The monoisotopic (exact) mass is 339 g/mol. The molecule has 4 rings (SSSR count). The van der Waals surface area contributed by atoms with Crippen LogP contribution in [-0.4, -0.2) is 51.8 Å². The number of aromatic nitrogens is 3. The van der Waals surface area contributed by atoms with Crippen LogP contribution >= 0.6 is 0 Å². The second-order valence-electron chi connectivity index (χ2n) is 7.19. The third-order valence-corrected chi connectivity index (χ3v) is 5.21. The number of hydrogen-bond donors (Lipinski definition) is 0. The minimum absolute atomic E-state index is 0.138. The van der Waals surface area contributed by atoms with Gasteiger partial charge in [0.15, 0.2) is 0 Å². The fourth-order valence-electron chi connectivity index (χ4n) is 3.82. The van der Waals surface area contributed by atoms with Crippen LogP contribution in [0.5, 0.6) is 0 Å². The molecule has 0 aromatic carbocycles. The maximum atomic E-state index is 12.7. The van der Waals surface area contributed by atoms with Gasteiger partial charge in [-0.3, -0.25) is 9.48 Å². The van der Waals surface area contributed by atoms with Crippen molar-refractivity contribution in [3.63, 3.8) is 0 Å². The highest BCUT2D eigenvalue weighted by atomic mass is 16.2. The lowest BCUT2D eigenvalue weighted by molar-refractivity contribution is 0.0724. The van der Waals surface area contributed by atoms with E-state index in [2.05, 4.69) is 32.7 Å². The summed E-state index contributed by atoms with van der Waals surface area (Å²) in [5.74, 6) is 1.03. The Morgan fingerprint density at radius 3 is 2.56 bits per heavy atom. The number of aryl methyl sites for hydroxylation is 2. The van der Waals surface area contributed by atoms with E-state index < -0.39 is 0 Å². The van der Waals surface area contributed by atoms with Crippen molar-refractivity contribution in [1.82, 2.24) is 19.7 Å². The second-order valence-corrected chi connectivity index (χ2v) is 7.19. The van der Waals surface area contributed by atoms with Gasteiger partial charge in [-0.1, -0.05) is 0 Å². The molecule has 2 aromatic rings. The van der Waals surface area contributed by atoms with Crippen molar-refractivity contribution < 1.29 is 4.79 Å². The largest absolute Gasteiger partial charge is 0.352 e. The van der Waals surface area contributed by atoms with Crippen LogP contribution in [0.25, 0.3) is 0 Å². The first kappa shape index (κ1) is 16.1. The Hall–Kier alpha value is -2.37. The number of anilines is 1. The van der Waals surface area contributed by atoms with Gasteiger partial charge in [0.1, 0.15) is 5.82 Å². The fraction of sp³-hybridized carbons (Fsp3) is 0.526. The van der Waals surface area contributed by atoms with Crippen molar-refractivity contribution in [1.29, 1.82) is 0 Å². The lowest BCUT2D eigenvalue weighted by atomic mass is 10.1. The Balaban J connectivity index is 1.44. The van der Waals surface area contributed by atoms with Crippen LogP contribution in [0.3, 0.4) is 0 Å². The van der Waals surface area contributed by atoms with E-state index in [9.17, 15) is 4.79 Å². The number of pyridine rings is 1. The lowest BCUT2D eigenvalue weighted by Gasteiger charge is -2.40. The minimum Gasteiger partial charge on any atom is -0.352 e. The molecule has 6 heteroatoms. The lowest BCUT2D eigenvalue weighted by Crippen LogP contribution is -2.49. The fourth-order valence-corrected chi connectivity index (χ4v) is 3.82. The predicted octanol–water partition coefficient (Wildman–Crippen LogP) is 2.58. The van der Waals surface area contributed by atoms with E-state index in [-0.39, 0.29) is 5.91 Å². The van der Waals surface area contributed by atoms with Gasteiger partial charge in [0.25, 0.3) is 5.91 Å². The Kier molecular flexibility index (Phi) is 4.19.